The summed E-state index contributed by atoms with van der Waals surface area (Å²) in [7, 11) is 0. The van der Waals surface area contributed by atoms with Gasteiger partial charge in [0.15, 0.2) is 6.61 Å². The second kappa shape index (κ2) is 6.56. The number of benzene rings is 1. The van der Waals surface area contributed by atoms with Crippen LogP contribution in [0.1, 0.15) is 11.3 Å². The number of anilines is 1. The predicted molar refractivity (Wildman–Crippen MR) is 75.1 cm³/mol. The molecular weight excluding hydrogens is 256 g/mol. The number of nitrogens with two attached hydrogens (primary N) is 1. The number of nitrogen functional groups attached to an aromatic ring is 1. The molecule has 0 aliphatic heterocycles. The summed E-state index contributed by atoms with van der Waals surface area (Å²) in [6.07, 6.45) is 1.67. The second-order valence-corrected chi connectivity index (χ2v) is 4.29. The van der Waals surface area contributed by atoms with E-state index in [1.807, 2.05) is 19.1 Å². The summed E-state index contributed by atoms with van der Waals surface area (Å²) >= 11 is 0. The molecule has 0 fully saturated rings. The Morgan fingerprint density at radius 2 is 2.15 bits per heavy atom. The lowest BCUT2D eigenvalue weighted by Gasteiger charge is -2.08. The molecule has 2 N–H and O–H groups in total. The van der Waals surface area contributed by atoms with Crippen molar-refractivity contribution in [3.8, 4) is 5.75 Å². The number of carbonyl (C=O) groups excluding carboxylic acids is 1. The Kier molecular flexibility index (Phi) is 4.55. The van der Waals surface area contributed by atoms with Crippen LogP contribution in [0.4, 0.5) is 5.69 Å². The van der Waals surface area contributed by atoms with Crippen molar-refractivity contribution in [2.24, 2.45) is 0 Å². The van der Waals surface area contributed by atoms with Gasteiger partial charge in [-0.05, 0) is 30.7 Å². The zero-order chi connectivity index (χ0) is 14.4. The average molecular weight is 272 g/mol. The van der Waals surface area contributed by atoms with Gasteiger partial charge in [0.25, 0.3) is 0 Å². The van der Waals surface area contributed by atoms with Gasteiger partial charge < -0.3 is 15.2 Å². The van der Waals surface area contributed by atoms with Crippen molar-refractivity contribution in [1.82, 2.24) is 4.98 Å². The summed E-state index contributed by atoms with van der Waals surface area (Å²) in [6.45, 7) is 1.90. The maximum atomic E-state index is 11.6. The van der Waals surface area contributed by atoms with Gasteiger partial charge in [-0.2, -0.15) is 0 Å². The minimum atomic E-state index is -0.447. The molecule has 1 aromatic heterocycles. The van der Waals surface area contributed by atoms with Crippen LogP contribution in [0.15, 0.2) is 42.6 Å². The Morgan fingerprint density at radius 1 is 1.30 bits per heavy atom. The van der Waals surface area contributed by atoms with Crippen molar-refractivity contribution in [2.75, 3.05) is 12.3 Å². The molecule has 5 nitrogen and oxygen atoms in total. The lowest BCUT2D eigenvalue weighted by atomic mass is 10.2. The third kappa shape index (κ3) is 3.98. The molecule has 0 atom stereocenters. The fraction of sp³-hybridized carbons (Fsp3) is 0.200. The van der Waals surface area contributed by atoms with Gasteiger partial charge in [0.1, 0.15) is 12.4 Å². The maximum Gasteiger partial charge on any atom is 0.344 e. The molecule has 0 aliphatic carbocycles. The van der Waals surface area contributed by atoms with Crippen molar-refractivity contribution >= 4 is 11.7 Å². The number of aromatic nitrogens is 1. The Morgan fingerprint density at radius 3 is 2.90 bits per heavy atom. The van der Waals surface area contributed by atoms with Crippen LogP contribution in [0, 0.1) is 6.92 Å². The molecule has 104 valence electrons. The first-order valence-electron chi connectivity index (χ1n) is 6.19. The number of hydrogen-bond donors (Lipinski definition) is 1. The average Bonchev–Trinajstić information content (AvgIpc) is 2.44. The van der Waals surface area contributed by atoms with E-state index in [-0.39, 0.29) is 13.2 Å². The van der Waals surface area contributed by atoms with Gasteiger partial charge in [-0.25, -0.2) is 4.79 Å². The van der Waals surface area contributed by atoms with Crippen LogP contribution in [0.2, 0.25) is 0 Å². The molecule has 20 heavy (non-hydrogen) atoms. The van der Waals surface area contributed by atoms with E-state index in [1.54, 1.807) is 30.5 Å². The highest BCUT2D eigenvalue weighted by Crippen LogP contribution is 2.14. The van der Waals surface area contributed by atoms with Gasteiger partial charge in [-0.1, -0.05) is 12.1 Å². The SMILES string of the molecule is Cc1cccnc1COC(=O)COc1cccc(N)c1. The third-order valence-corrected chi connectivity index (χ3v) is 2.70. The van der Waals surface area contributed by atoms with Gasteiger partial charge in [0.05, 0.1) is 5.69 Å². The molecular formula is C15H16N2O3. The second-order valence-electron chi connectivity index (χ2n) is 4.29. The molecule has 2 aromatic rings. The first-order valence-corrected chi connectivity index (χ1v) is 6.19. The van der Waals surface area contributed by atoms with Crippen LogP contribution < -0.4 is 10.5 Å². The number of nitrogens with zero attached hydrogens (tertiary/aromatic N) is 1. The van der Waals surface area contributed by atoms with Gasteiger partial charge >= 0.3 is 5.97 Å². The molecule has 0 aliphatic rings. The van der Waals surface area contributed by atoms with Crippen LogP contribution >= 0.6 is 0 Å². The van der Waals surface area contributed by atoms with Crippen molar-refractivity contribution in [3.05, 3.63) is 53.9 Å². The van der Waals surface area contributed by atoms with E-state index < -0.39 is 5.97 Å². The zero-order valence-corrected chi connectivity index (χ0v) is 11.2. The first-order chi connectivity index (χ1) is 9.65. The summed E-state index contributed by atoms with van der Waals surface area (Å²) in [5.41, 5.74) is 7.92. The van der Waals surface area contributed by atoms with Crippen molar-refractivity contribution in [3.63, 3.8) is 0 Å². The minimum Gasteiger partial charge on any atom is -0.482 e. The van der Waals surface area contributed by atoms with Crippen LogP contribution in [0.3, 0.4) is 0 Å². The number of ether oxygens (including phenoxy) is 2. The molecule has 0 saturated heterocycles. The van der Waals surface area contributed by atoms with E-state index >= 15 is 0 Å². The highest BCUT2D eigenvalue weighted by Gasteiger charge is 2.07. The van der Waals surface area contributed by atoms with Crippen LogP contribution in [0.5, 0.6) is 5.75 Å². The van der Waals surface area contributed by atoms with E-state index in [2.05, 4.69) is 4.98 Å². The summed E-state index contributed by atoms with van der Waals surface area (Å²) in [6, 6.07) is 10.6. The van der Waals surface area contributed by atoms with E-state index in [0.29, 0.717) is 11.4 Å². The Hall–Kier alpha value is -2.56. The minimum absolute atomic E-state index is 0.145. The number of esters is 1. The highest BCUT2D eigenvalue weighted by molar-refractivity contribution is 5.71. The predicted octanol–water partition coefficient (Wildman–Crippen LogP) is 2.09. The zero-order valence-electron chi connectivity index (χ0n) is 11.2. The number of aryl methyl sites for hydroxylation is 1. The number of pyridine rings is 1. The third-order valence-electron chi connectivity index (χ3n) is 2.70. The van der Waals surface area contributed by atoms with Crippen LogP contribution in [0.25, 0.3) is 0 Å². The number of hydrogen-bond acceptors (Lipinski definition) is 5. The first kappa shape index (κ1) is 13.9. The molecule has 0 spiro atoms. The van der Waals surface area contributed by atoms with E-state index in [0.717, 1.165) is 11.3 Å². The Labute approximate surface area is 117 Å². The molecule has 0 radical (unpaired) electrons. The molecule has 2 rings (SSSR count). The molecule has 5 heteroatoms. The monoisotopic (exact) mass is 272 g/mol. The molecule has 0 saturated carbocycles. The molecule has 1 heterocycles. The number of carbonyl (C=O) groups is 1. The quantitative estimate of drug-likeness (QED) is 0.666. The van der Waals surface area contributed by atoms with Gasteiger partial charge in [-0.3, -0.25) is 4.98 Å². The fourth-order valence-electron chi connectivity index (χ4n) is 1.61. The van der Waals surface area contributed by atoms with Gasteiger partial charge in [-0.15, -0.1) is 0 Å². The van der Waals surface area contributed by atoms with Gasteiger partial charge in [0, 0.05) is 18.0 Å². The van der Waals surface area contributed by atoms with Crippen molar-refractivity contribution in [2.45, 2.75) is 13.5 Å². The summed E-state index contributed by atoms with van der Waals surface area (Å²) in [5, 5.41) is 0. The van der Waals surface area contributed by atoms with Crippen molar-refractivity contribution < 1.29 is 14.3 Å². The van der Waals surface area contributed by atoms with Gasteiger partial charge in [0.2, 0.25) is 0 Å². The summed E-state index contributed by atoms with van der Waals surface area (Å²) < 4.78 is 10.4. The molecule has 0 unspecified atom stereocenters. The van der Waals surface area contributed by atoms with E-state index in [9.17, 15) is 4.79 Å². The topological polar surface area (TPSA) is 74.4 Å². The van der Waals surface area contributed by atoms with E-state index in [4.69, 9.17) is 15.2 Å². The normalized spacial score (nSPS) is 10.1. The van der Waals surface area contributed by atoms with Crippen molar-refractivity contribution in [1.29, 1.82) is 0 Å². The van der Waals surface area contributed by atoms with E-state index in [1.165, 1.54) is 0 Å². The molecule has 0 amide bonds. The smallest absolute Gasteiger partial charge is 0.344 e. The standard InChI is InChI=1S/C15H16N2O3/c1-11-4-3-7-17-14(11)9-20-15(18)10-19-13-6-2-5-12(16)8-13/h2-8H,9-10,16H2,1H3. The molecule has 1 aromatic carbocycles. The lowest BCUT2D eigenvalue weighted by Crippen LogP contribution is -2.15. The summed E-state index contributed by atoms with van der Waals surface area (Å²) in [5.74, 6) is 0.0912. The molecule has 0 bridgehead atoms. The fourth-order valence-corrected chi connectivity index (χ4v) is 1.61. The maximum absolute atomic E-state index is 11.6. The Bertz CT molecular complexity index is 599. The lowest BCUT2D eigenvalue weighted by molar-refractivity contribution is -0.147. The number of rotatable bonds is 5. The Balaban J connectivity index is 1.80. The highest BCUT2D eigenvalue weighted by atomic mass is 16.6. The van der Waals surface area contributed by atoms with Crippen LogP contribution in [-0.4, -0.2) is 17.6 Å². The summed E-state index contributed by atoms with van der Waals surface area (Å²) in [4.78, 5) is 15.7. The largest absolute Gasteiger partial charge is 0.482 e. The van der Waals surface area contributed by atoms with Crippen LogP contribution in [-0.2, 0) is 16.1 Å².